The number of aliphatic imine (C=N–C) groups is 2. The van der Waals surface area contributed by atoms with Gasteiger partial charge >= 0.3 is 31.5 Å². The van der Waals surface area contributed by atoms with Crippen LogP contribution in [0.2, 0.25) is 0 Å². The number of aromatic amines is 2. The van der Waals surface area contributed by atoms with Gasteiger partial charge in [-0.3, -0.25) is 39.2 Å². The molecule has 0 saturated carbocycles. The number of nitrogens with zero attached hydrogens (tertiary/aromatic N) is 8. The van der Waals surface area contributed by atoms with E-state index in [-0.39, 0.29) is 133 Å². The van der Waals surface area contributed by atoms with Crippen LogP contribution in [0.3, 0.4) is 0 Å². The number of nitrogens with one attached hydrogen (secondary N) is 2. The molecule has 7 aliphatic rings. The Balaban J connectivity index is 0.000000184. The van der Waals surface area contributed by atoms with E-state index in [1.54, 1.807) is 21.9 Å². The zero-order valence-corrected chi connectivity index (χ0v) is 75.0. The smallest absolute Gasteiger partial charge is 0.445 e. The van der Waals surface area contributed by atoms with Gasteiger partial charge in [0.2, 0.25) is 0 Å². The average molecular weight is 1760 g/mol. The predicted molar refractivity (Wildman–Crippen MR) is 499 cm³/mol. The van der Waals surface area contributed by atoms with E-state index in [4.69, 9.17) is 43.2 Å². The van der Waals surface area contributed by atoms with Gasteiger partial charge in [-0.2, -0.15) is 54.0 Å². The lowest BCUT2D eigenvalue weighted by Gasteiger charge is -2.32. The van der Waals surface area contributed by atoms with Crippen molar-refractivity contribution in [1.29, 1.82) is 0 Å². The third-order valence-corrected chi connectivity index (χ3v) is 23.3. The SMILES string of the molecule is CC(C)(C)OC(=O)N1CCC[C@H]1C1=NC=C(c2ccc3cc(-c4ccc5c(=O)[nH]c([C@@H]6CCCN6C(=O)OCc6ccccc6)nc5c4)ccc3c2)C1.CC(C)(C)OC(=O)N1CCC[C@H]1C1=NC=C(c2ccc3cc(B4OC(C)(C)C(C)(C)O4)ccc3c2)C1.O=C(OCc1ccccc1)N1CCC[C@H]1c1nc2cc(Br)ccc2c(=O)[nH]1.S.S.S.S. The molecule has 2 aromatic heterocycles. The first kappa shape index (κ1) is 91.1. The molecule has 4 amide bonds. The maximum atomic E-state index is 13.2. The lowest BCUT2D eigenvalue weighted by atomic mass is 9.78. The lowest BCUT2D eigenvalue weighted by molar-refractivity contribution is 0.00578. The number of allylic oxidation sites excluding steroid dienone is 2. The van der Waals surface area contributed by atoms with E-state index >= 15 is 0 Å². The number of aromatic nitrogens is 4. The van der Waals surface area contributed by atoms with Crippen LogP contribution >= 0.6 is 69.9 Å². The van der Waals surface area contributed by atoms with E-state index in [0.717, 1.165) is 134 Å². The molecule has 120 heavy (non-hydrogen) atoms. The largest absolute Gasteiger partial charge is 0.494 e. The van der Waals surface area contributed by atoms with Crippen LogP contribution in [-0.2, 0) is 41.5 Å². The fourth-order valence-corrected chi connectivity index (χ4v) is 16.5. The van der Waals surface area contributed by atoms with Crippen molar-refractivity contribution in [2.45, 2.75) is 193 Å². The molecule has 0 spiro atoms. The van der Waals surface area contributed by atoms with Crippen molar-refractivity contribution >= 4 is 173 Å². The van der Waals surface area contributed by atoms with Crippen LogP contribution in [0.1, 0.15) is 179 Å². The highest BCUT2D eigenvalue weighted by molar-refractivity contribution is 9.10. The number of hydrogen-bond acceptors (Lipinski definition) is 16. The summed E-state index contributed by atoms with van der Waals surface area (Å²) in [4.78, 5) is 109. The Hall–Kier alpha value is -9.68. The average Bonchev–Trinajstić information content (AvgIpc) is 1.57. The standard InChI is InChI=1S/C43H43N5O5.C29H37BN2O4.C20H18BrN3O3.4H2S/c1-43(2,3)53-42(51)47-19-7-11-37(47)36-24-33(25-44-36)31-16-15-28-21-30(14-13-29(28)22-31)32-17-18-34-35(23-32)45-39(46-40(34)49)38-12-8-20-48(38)41(50)52-26-27-9-5-4-6-10-27;1-27(2,3)34-26(33)32-14-8-9-25(32)24-17-22(18-31-24)20-10-11-21-16-23(13-12-19(21)15-20)30-35-28(4,5)29(6,7)36-30;21-14-8-9-15-16(11-14)22-18(23-19(15)25)17-7-4-10-24(17)20(26)27-12-13-5-2-1-3-6-13;;;;/h4-6,9-10,13-18,21-23,25,37-38H,7-8,11-12,19-20,24,26H2,1-3H3,(H,45,46,49);10-13,15-16,18,25H,8-9,14,17H2,1-7H3;1-3,5-6,8-9,11,17H,4,7,10,12H2,(H,22,23,25);4*1H2/t37-,38-;25-;17-;;;;/m000..../s1. The summed E-state index contributed by atoms with van der Waals surface area (Å²) in [7, 11) is -0.369. The first-order chi connectivity index (χ1) is 55.5. The van der Waals surface area contributed by atoms with Gasteiger partial charge in [-0.1, -0.05) is 137 Å². The van der Waals surface area contributed by atoms with Gasteiger partial charge in [0, 0.05) is 67.3 Å². The molecule has 2 N–H and O–H groups in total. The van der Waals surface area contributed by atoms with Crippen molar-refractivity contribution in [3.8, 4) is 11.1 Å². The molecule has 28 heteroatoms. The number of amides is 4. The van der Waals surface area contributed by atoms with Gasteiger partial charge in [0.25, 0.3) is 11.1 Å². The number of rotatable bonds is 12. The quantitative estimate of drug-likeness (QED) is 0.0852. The molecule has 22 nitrogen and oxygen atoms in total. The predicted octanol–water partition coefficient (Wildman–Crippen LogP) is 19.1. The van der Waals surface area contributed by atoms with Gasteiger partial charge in [-0.05, 0) is 241 Å². The molecule has 0 bridgehead atoms. The number of H-pyrrole nitrogens is 2. The molecule has 0 radical (unpaired) electrons. The summed E-state index contributed by atoms with van der Waals surface area (Å²) in [6, 6.07) is 55.2. The van der Waals surface area contributed by atoms with Gasteiger partial charge in [0.1, 0.15) is 36.1 Å². The number of fused-ring (bicyclic) bond motifs is 4. The first-order valence-electron chi connectivity index (χ1n) is 40.2. The monoisotopic (exact) mass is 1760 g/mol. The van der Waals surface area contributed by atoms with E-state index in [2.05, 4.69) is 131 Å². The summed E-state index contributed by atoms with van der Waals surface area (Å²) >= 11 is 3.41. The van der Waals surface area contributed by atoms with Crippen molar-refractivity contribution < 1.29 is 47.4 Å². The molecule has 5 fully saturated rings. The first-order valence-corrected chi connectivity index (χ1v) is 41.0. The van der Waals surface area contributed by atoms with E-state index in [1.165, 1.54) is 11.0 Å². The highest BCUT2D eigenvalue weighted by atomic mass is 79.9. The highest BCUT2D eigenvalue weighted by Crippen LogP contribution is 2.40. The summed E-state index contributed by atoms with van der Waals surface area (Å²) in [6.07, 6.45) is 10.8. The third kappa shape index (κ3) is 20.7. The van der Waals surface area contributed by atoms with Crippen LogP contribution in [0.5, 0.6) is 0 Å². The van der Waals surface area contributed by atoms with Crippen molar-refractivity contribution in [3.05, 3.63) is 241 Å². The minimum atomic E-state index is -0.538. The molecule has 9 heterocycles. The lowest BCUT2D eigenvalue weighted by Crippen LogP contribution is -2.43. The van der Waals surface area contributed by atoms with E-state index in [1.807, 2.05) is 149 Å². The van der Waals surface area contributed by atoms with E-state index in [0.29, 0.717) is 65.9 Å². The van der Waals surface area contributed by atoms with Crippen molar-refractivity contribution in [3.63, 3.8) is 0 Å². The Labute approximate surface area is 736 Å². The summed E-state index contributed by atoms with van der Waals surface area (Å²) in [5.74, 6) is 0.971. The minimum Gasteiger partial charge on any atom is -0.445 e. The molecule has 7 aliphatic heterocycles. The second kappa shape index (κ2) is 38.2. The van der Waals surface area contributed by atoms with Gasteiger partial charge < -0.3 is 38.2 Å². The molecule has 10 aromatic rings. The molecule has 5 saturated heterocycles. The van der Waals surface area contributed by atoms with Crippen LogP contribution in [0, 0.1) is 0 Å². The Kier molecular flexibility index (Phi) is 29.0. The fourth-order valence-electron chi connectivity index (χ4n) is 16.1. The van der Waals surface area contributed by atoms with Crippen LogP contribution in [0.4, 0.5) is 19.2 Å². The number of benzene rings is 8. The van der Waals surface area contributed by atoms with E-state index in [9.17, 15) is 28.8 Å². The van der Waals surface area contributed by atoms with Gasteiger partial charge in [0.15, 0.2) is 0 Å². The second-order valence-electron chi connectivity index (χ2n) is 33.8. The van der Waals surface area contributed by atoms with E-state index < -0.39 is 23.4 Å². The molecule has 17 rings (SSSR count). The van der Waals surface area contributed by atoms with Gasteiger partial charge in [-0.25, -0.2) is 29.1 Å². The number of halogens is 1. The molecule has 630 valence electrons. The second-order valence-corrected chi connectivity index (χ2v) is 34.7. The molecule has 0 unspecified atom stereocenters. The normalized spacial score (nSPS) is 19.0. The number of ether oxygens (including phenoxy) is 4. The molecule has 8 aromatic carbocycles. The van der Waals surface area contributed by atoms with Crippen molar-refractivity contribution in [2.24, 2.45) is 9.98 Å². The topological polar surface area (TPSA) is 253 Å². The Morgan fingerprint density at radius 1 is 0.458 bits per heavy atom. The zero-order chi connectivity index (χ0) is 81.4. The summed E-state index contributed by atoms with van der Waals surface area (Å²) in [6.45, 7) is 22.6. The Morgan fingerprint density at radius 3 is 1.27 bits per heavy atom. The summed E-state index contributed by atoms with van der Waals surface area (Å²) < 4.78 is 35.7. The van der Waals surface area contributed by atoms with Crippen LogP contribution in [0.15, 0.2) is 206 Å². The van der Waals surface area contributed by atoms with Crippen molar-refractivity contribution in [2.75, 3.05) is 26.2 Å². The van der Waals surface area contributed by atoms with Gasteiger partial charge in [-0.15, -0.1) is 0 Å². The maximum absolute atomic E-state index is 13.2. The minimum absolute atomic E-state index is 0. The molecular weight excluding hydrogens is 1660 g/mol. The number of carbonyl (C=O) groups is 4. The molecule has 0 aliphatic carbocycles. The molecular formula is C92H106BBrN10O12S4. The maximum Gasteiger partial charge on any atom is 0.494 e. The van der Waals surface area contributed by atoms with Crippen LogP contribution in [-0.4, -0.2) is 143 Å². The number of hydrogen-bond donors (Lipinski definition) is 2. The fraction of sp³-hybridized carbons (Fsp3) is 0.370. The Morgan fingerprint density at radius 2 is 0.825 bits per heavy atom. The number of carbonyl (C=O) groups excluding carboxylic acids is 4. The van der Waals surface area contributed by atoms with Crippen LogP contribution in [0.25, 0.3) is 65.6 Å². The molecule has 4 atom stereocenters. The van der Waals surface area contributed by atoms with Gasteiger partial charge in [0.05, 0.1) is 57.2 Å². The third-order valence-electron chi connectivity index (χ3n) is 22.8. The summed E-state index contributed by atoms with van der Waals surface area (Å²) in [5, 5.41) is 5.54. The Bertz CT molecular complexity index is 5700. The number of likely N-dealkylation sites (tertiary alicyclic amines) is 4. The highest BCUT2D eigenvalue weighted by Gasteiger charge is 2.52. The zero-order valence-electron chi connectivity index (χ0n) is 69.4. The summed E-state index contributed by atoms with van der Waals surface area (Å²) in [5.41, 5.74) is 10.5. The van der Waals surface area contributed by atoms with Crippen LogP contribution < -0.4 is 16.6 Å². The van der Waals surface area contributed by atoms with Crippen molar-refractivity contribution in [1.82, 2.24) is 39.5 Å².